The van der Waals surface area contributed by atoms with Crippen molar-refractivity contribution in [1.82, 2.24) is 15.6 Å². The second kappa shape index (κ2) is 6.58. The fourth-order valence-electron chi connectivity index (χ4n) is 2.67. The minimum Gasteiger partial charge on any atom is -0.349 e. The van der Waals surface area contributed by atoms with Crippen molar-refractivity contribution in [3.8, 4) is 11.3 Å². The van der Waals surface area contributed by atoms with E-state index in [4.69, 9.17) is 0 Å². The Morgan fingerprint density at radius 1 is 1.05 bits per heavy atom. The van der Waals surface area contributed by atoms with E-state index in [1.807, 2.05) is 30.3 Å². The normalized spacial score (nSPS) is 15.5. The number of pyridine rings is 1. The Labute approximate surface area is 128 Å². The molecule has 0 radical (unpaired) electrons. The topological polar surface area (TPSA) is 74.0 Å². The van der Waals surface area contributed by atoms with Crippen LogP contribution in [0.15, 0.2) is 47.3 Å². The number of piperidine rings is 1. The van der Waals surface area contributed by atoms with Gasteiger partial charge in [-0.05, 0) is 43.6 Å². The first-order valence-corrected chi connectivity index (χ1v) is 7.54. The minimum atomic E-state index is -0.354. The highest BCUT2D eigenvalue weighted by Gasteiger charge is 2.18. The molecule has 1 amide bonds. The molecule has 1 aromatic carbocycles. The largest absolute Gasteiger partial charge is 0.349 e. The summed E-state index contributed by atoms with van der Waals surface area (Å²) < 4.78 is 0. The number of nitrogens with one attached hydrogen (secondary N) is 3. The van der Waals surface area contributed by atoms with Gasteiger partial charge in [-0.3, -0.25) is 9.59 Å². The van der Waals surface area contributed by atoms with Crippen LogP contribution in [0.25, 0.3) is 11.3 Å². The second-order valence-electron chi connectivity index (χ2n) is 5.48. The monoisotopic (exact) mass is 297 g/mol. The van der Waals surface area contributed by atoms with E-state index < -0.39 is 0 Å². The molecule has 2 heterocycles. The quantitative estimate of drug-likeness (QED) is 0.804. The molecular weight excluding hydrogens is 278 g/mol. The first-order valence-electron chi connectivity index (χ1n) is 7.54. The molecule has 114 valence electrons. The number of hydrogen-bond donors (Lipinski definition) is 3. The molecule has 0 spiro atoms. The van der Waals surface area contributed by atoms with Crippen molar-refractivity contribution < 1.29 is 4.79 Å². The van der Waals surface area contributed by atoms with Crippen molar-refractivity contribution in [1.29, 1.82) is 0 Å². The zero-order valence-electron chi connectivity index (χ0n) is 12.3. The van der Waals surface area contributed by atoms with Gasteiger partial charge in [-0.2, -0.15) is 0 Å². The molecule has 5 nitrogen and oxygen atoms in total. The Kier molecular flexibility index (Phi) is 4.34. The summed E-state index contributed by atoms with van der Waals surface area (Å²) in [4.78, 5) is 27.2. The first kappa shape index (κ1) is 14.5. The molecule has 0 bridgehead atoms. The average Bonchev–Trinajstić information content (AvgIpc) is 2.56. The Bertz CT molecular complexity index is 703. The summed E-state index contributed by atoms with van der Waals surface area (Å²) in [6.07, 6.45) is 1.79. The van der Waals surface area contributed by atoms with Crippen molar-refractivity contribution in [2.24, 2.45) is 0 Å². The summed E-state index contributed by atoms with van der Waals surface area (Å²) >= 11 is 0. The Morgan fingerprint density at radius 2 is 1.77 bits per heavy atom. The van der Waals surface area contributed by atoms with Crippen LogP contribution in [0.2, 0.25) is 0 Å². The maximum absolute atomic E-state index is 12.2. The van der Waals surface area contributed by atoms with Crippen LogP contribution in [0.5, 0.6) is 0 Å². The lowest BCUT2D eigenvalue weighted by Crippen LogP contribution is -2.43. The van der Waals surface area contributed by atoms with Gasteiger partial charge in [0.25, 0.3) is 11.5 Å². The van der Waals surface area contributed by atoms with Crippen LogP contribution in [0.1, 0.15) is 23.2 Å². The van der Waals surface area contributed by atoms with Crippen LogP contribution in [-0.4, -0.2) is 30.0 Å². The molecule has 1 aliphatic rings. The lowest BCUT2D eigenvalue weighted by Gasteiger charge is -2.23. The first-order chi connectivity index (χ1) is 10.7. The molecule has 1 aromatic heterocycles. The molecular formula is C17H19N3O2. The average molecular weight is 297 g/mol. The van der Waals surface area contributed by atoms with E-state index in [-0.39, 0.29) is 23.1 Å². The Hall–Kier alpha value is -2.40. The van der Waals surface area contributed by atoms with Crippen LogP contribution in [0.3, 0.4) is 0 Å². The summed E-state index contributed by atoms with van der Waals surface area (Å²) in [6.45, 7) is 1.79. The molecule has 5 heteroatoms. The molecule has 2 aromatic rings. The predicted octanol–water partition coefficient (Wildman–Crippen LogP) is 1.52. The SMILES string of the molecule is O=C(NC1CCNCC1)c1ccc(-c2ccccc2)[nH]c1=O. The molecule has 0 saturated carbocycles. The third kappa shape index (κ3) is 3.26. The molecule has 0 atom stereocenters. The van der Waals surface area contributed by atoms with Gasteiger partial charge in [0, 0.05) is 11.7 Å². The van der Waals surface area contributed by atoms with Gasteiger partial charge in [0.1, 0.15) is 5.56 Å². The number of benzene rings is 1. The van der Waals surface area contributed by atoms with Crippen molar-refractivity contribution in [3.05, 3.63) is 58.4 Å². The zero-order valence-corrected chi connectivity index (χ0v) is 12.3. The highest BCUT2D eigenvalue weighted by Crippen LogP contribution is 2.14. The third-order valence-corrected chi connectivity index (χ3v) is 3.91. The summed E-state index contributed by atoms with van der Waals surface area (Å²) in [5.41, 5.74) is 1.44. The Morgan fingerprint density at radius 3 is 2.45 bits per heavy atom. The van der Waals surface area contributed by atoms with E-state index in [9.17, 15) is 9.59 Å². The maximum atomic E-state index is 12.2. The molecule has 1 saturated heterocycles. The highest BCUT2D eigenvalue weighted by atomic mass is 16.2. The van der Waals surface area contributed by atoms with Gasteiger partial charge < -0.3 is 15.6 Å². The number of carbonyl (C=O) groups excluding carboxylic acids is 1. The van der Waals surface area contributed by atoms with E-state index in [1.54, 1.807) is 12.1 Å². The summed E-state index contributed by atoms with van der Waals surface area (Å²) in [7, 11) is 0. The summed E-state index contributed by atoms with van der Waals surface area (Å²) in [5, 5.41) is 6.18. The number of hydrogen-bond acceptors (Lipinski definition) is 3. The van der Waals surface area contributed by atoms with E-state index in [1.165, 1.54) is 0 Å². The van der Waals surface area contributed by atoms with Crippen molar-refractivity contribution >= 4 is 5.91 Å². The zero-order chi connectivity index (χ0) is 15.4. The van der Waals surface area contributed by atoms with Crippen molar-refractivity contribution in [3.63, 3.8) is 0 Å². The van der Waals surface area contributed by atoms with Crippen LogP contribution >= 0.6 is 0 Å². The Balaban J connectivity index is 1.77. The highest BCUT2D eigenvalue weighted by molar-refractivity contribution is 5.94. The number of carbonyl (C=O) groups is 1. The molecule has 1 fully saturated rings. The van der Waals surface area contributed by atoms with E-state index >= 15 is 0 Å². The van der Waals surface area contributed by atoms with Gasteiger partial charge in [-0.1, -0.05) is 30.3 Å². The third-order valence-electron chi connectivity index (χ3n) is 3.91. The number of aromatic nitrogens is 1. The molecule has 1 aliphatic heterocycles. The van der Waals surface area contributed by atoms with Gasteiger partial charge >= 0.3 is 0 Å². The lowest BCUT2D eigenvalue weighted by atomic mass is 10.1. The van der Waals surface area contributed by atoms with Crippen LogP contribution < -0.4 is 16.2 Å². The van der Waals surface area contributed by atoms with Gasteiger partial charge in [0.2, 0.25) is 0 Å². The van der Waals surface area contributed by atoms with Gasteiger partial charge in [0.05, 0.1) is 0 Å². The smallest absolute Gasteiger partial charge is 0.261 e. The van der Waals surface area contributed by atoms with E-state index in [0.717, 1.165) is 31.5 Å². The summed E-state index contributed by atoms with van der Waals surface area (Å²) in [5.74, 6) is -0.298. The van der Waals surface area contributed by atoms with E-state index in [2.05, 4.69) is 15.6 Å². The number of amides is 1. The number of aromatic amines is 1. The van der Waals surface area contributed by atoms with Gasteiger partial charge in [0.15, 0.2) is 0 Å². The summed E-state index contributed by atoms with van der Waals surface area (Å²) in [6, 6.07) is 13.1. The molecule has 3 N–H and O–H groups in total. The standard InChI is InChI=1S/C17H19N3O2/c21-16(19-13-8-10-18-11-9-13)14-6-7-15(20-17(14)22)12-4-2-1-3-5-12/h1-7,13,18H,8-11H2,(H,19,21)(H,20,22). The molecule has 3 rings (SSSR count). The maximum Gasteiger partial charge on any atom is 0.261 e. The fraction of sp³-hybridized carbons (Fsp3) is 0.294. The van der Waals surface area contributed by atoms with Crippen LogP contribution in [-0.2, 0) is 0 Å². The molecule has 0 aliphatic carbocycles. The van der Waals surface area contributed by atoms with Crippen molar-refractivity contribution in [2.75, 3.05) is 13.1 Å². The van der Waals surface area contributed by atoms with Crippen LogP contribution in [0, 0.1) is 0 Å². The minimum absolute atomic E-state index is 0.141. The number of rotatable bonds is 3. The predicted molar refractivity (Wildman–Crippen MR) is 85.9 cm³/mol. The lowest BCUT2D eigenvalue weighted by molar-refractivity contribution is 0.0928. The van der Waals surface area contributed by atoms with Gasteiger partial charge in [-0.25, -0.2) is 0 Å². The number of H-pyrrole nitrogens is 1. The van der Waals surface area contributed by atoms with E-state index in [0.29, 0.717) is 5.69 Å². The molecule has 22 heavy (non-hydrogen) atoms. The molecule has 0 unspecified atom stereocenters. The second-order valence-corrected chi connectivity index (χ2v) is 5.48. The van der Waals surface area contributed by atoms with Crippen molar-refractivity contribution in [2.45, 2.75) is 18.9 Å². The fourth-order valence-corrected chi connectivity index (χ4v) is 2.67. The van der Waals surface area contributed by atoms with Gasteiger partial charge in [-0.15, -0.1) is 0 Å². The van der Waals surface area contributed by atoms with Crippen LogP contribution in [0.4, 0.5) is 0 Å².